The van der Waals surface area contributed by atoms with Crippen LogP contribution in [0, 0.1) is 23.7 Å². The molecule has 0 bridgehead atoms. The number of likely N-dealkylation sites (tertiary alicyclic amines) is 1. The Kier molecular flexibility index (Phi) is 6.24. The van der Waals surface area contributed by atoms with E-state index in [1.807, 2.05) is 4.90 Å². The molecular formula is C23H33N3O5S. The van der Waals surface area contributed by atoms with Crippen LogP contribution >= 0.6 is 0 Å². The van der Waals surface area contributed by atoms with Crippen molar-refractivity contribution < 1.29 is 17.6 Å². The van der Waals surface area contributed by atoms with E-state index in [2.05, 4.69) is 27.7 Å². The molecule has 3 heterocycles. The van der Waals surface area contributed by atoms with Crippen LogP contribution < -0.4 is 5.76 Å². The van der Waals surface area contributed by atoms with E-state index < -0.39 is 15.8 Å². The van der Waals surface area contributed by atoms with Crippen molar-refractivity contribution in [2.75, 3.05) is 26.2 Å². The maximum atomic E-state index is 13.2. The number of fused-ring (bicyclic) bond motifs is 1. The number of aromatic nitrogens is 1. The van der Waals surface area contributed by atoms with Gasteiger partial charge in [-0.1, -0.05) is 27.7 Å². The van der Waals surface area contributed by atoms with Crippen LogP contribution in [0.1, 0.15) is 40.5 Å². The van der Waals surface area contributed by atoms with E-state index in [0.717, 1.165) is 12.8 Å². The molecule has 2 fully saturated rings. The van der Waals surface area contributed by atoms with E-state index >= 15 is 0 Å². The first-order valence-corrected chi connectivity index (χ1v) is 12.9. The number of sulfonamides is 1. The molecule has 0 N–H and O–H groups in total. The fraction of sp³-hybridized carbons (Fsp3) is 0.652. The zero-order chi connectivity index (χ0) is 23.2. The quantitative estimate of drug-likeness (QED) is 0.695. The average molecular weight is 464 g/mol. The van der Waals surface area contributed by atoms with Crippen molar-refractivity contribution in [3.05, 3.63) is 28.7 Å². The summed E-state index contributed by atoms with van der Waals surface area (Å²) in [6.07, 6.45) is 2.09. The molecule has 4 atom stereocenters. The number of amides is 1. The number of hydrogen-bond donors (Lipinski definition) is 0. The first kappa shape index (κ1) is 23.0. The van der Waals surface area contributed by atoms with Crippen LogP contribution in [0.4, 0.5) is 0 Å². The molecule has 4 rings (SSSR count). The number of hydrogen-bond acceptors (Lipinski definition) is 5. The molecule has 0 aliphatic carbocycles. The predicted molar refractivity (Wildman–Crippen MR) is 122 cm³/mol. The Morgan fingerprint density at radius 1 is 0.969 bits per heavy atom. The van der Waals surface area contributed by atoms with Crippen LogP contribution in [0.15, 0.2) is 32.3 Å². The summed E-state index contributed by atoms with van der Waals surface area (Å²) in [4.78, 5) is 27.3. The summed E-state index contributed by atoms with van der Waals surface area (Å²) in [6.45, 7) is 10.6. The maximum absolute atomic E-state index is 13.2. The number of nitrogens with zero attached hydrogens (tertiary/aromatic N) is 3. The van der Waals surface area contributed by atoms with Crippen molar-refractivity contribution in [1.29, 1.82) is 0 Å². The molecule has 1 aromatic heterocycles. The molecule has 0 radical (unpaired) electrons. The SMILES string of the molecule is CC1CC(C)CN(C(=O)Cn2c(=O)oc3cc(S(=O)(=O)N4CC(C)CC(C)C4)ccc32)C1. The van der Waals surface area contributed by atoms with Gasteiger partial charge in [-0.25, -0.2) is 13.2 Å². The Bertz CT molecular complexity index is 1150. The molecule has 9 heteroatoms. The van der Waals surface area contributed by atoms with Crippen LogP contribution in [-0.2, 0) is 21.4 Å². The van der Waals surface area contributed by atoms with Gasteiger partial charge in [0.25, 0.3) is 0 Å². The van der Waals surface area contributed by atoms with Crippen LogP contribution in [0.3, 0.4) is 0 Å². The number of carbonyl (C=O) groups is 1. The second-order valence-corrected chi connectivity index (χ2v) is 12.0. The Morgan fingerprint density at radius 3 is 2.12 bits per heavy atom. The number of rotatable bonds is 4. The van der Waals surface area contributed by atoms with E-state index in [4.69, 9.17) is 4.42 Å². The summed E-state index contributed by atoms with van der Waals surface area (Å²) in [5.41, 5.74) is 0.614. The Morgan fingerprint density at radius 2 is 1.53 bits per heavy atom. The van der Waals surface area contributed by atoms with E-state index in [-0.39, 0.29) is 22.9 Å². The van der Waals surface area contributed by atoms with Gasteiger partial charge >= 0.3 is 5.76 Å². The van der Waals surface area contributed by atoms with E-state index in [1.165, 1.54) is 21.0 Å². The van der Waals surface area contributed by atoms with Gasteiger partial charge in [0.1, 0.15) is 6.54 Å². The largest absolute Gasteiger partial charge is 0.420 e. The number of piperidine rings is 2. The maximum Gasteiger partial charge on any atom is 0.420 e. The molecule has 0 saturated carbocycles. The topological polar surface area (TPSA) is 92.8 Å². The molecule has 2 aliphatic heterocycles. The summed E-state index contributed by atoms with van der Waals surface area (Å²) in [6, 6.07) is 4.48. The van der Waals surface area contributed by atoms with Crippen LogP contribution in [0.5, 0.6) is 0 Å². The molecule has 2 saturated heterocycles. The van der Waals surface area contributed by atoms with Gasteiger partial charge in [-0.3, -0.25) is 9.36 Å². The minimum absolute atomic E-state index is 0.109. The highest BCUT2D eigenvalue weighted by molar-refractivity contribution is 7.89. The predicted octanol–water partition coefficient (Wildman–Crippen LogP) is 2.77. The molecule has 0 spiro atoms. The third kappa shape index (κ3) is 4.50. The van der Waals surface area contributed by atoms with E-state index in [9.17, 15) is 18.0 Å². The Balaban J connectivity index is 1.59. The minimum Gasteiger partial charge on any atom is -0.408 e. The Labute approximate surface area is 189 Å². The molecule has 32 heavy (non-hydrogen) atoms. The standard InChI is InChI=1S/C23H33N3O5S/c1-15-7-16(2)11-24(10-15)22(27)14-26-20-6-5-19(9-21(20)31-23(26)28)32(29,30)25-12-17(3)8-18(4)13-25/h5-6,9,15-18H,7-8,10-14H2,1-4H3. The van der Waals surface area contributed by atoms with Crippen molar-refractivity contribution in [2.24, 2.45) is 23.7 Å². The van der Waals surface area contributed by atoms with Gasteiger partial charge in [0.05, 0.1) is 10.4 Å². The van der Waals surface area contributed by atoms with Gasteiger partial charge in [-0.2, -0.15) is 4.31 Å². The van der Waals surface area contributed by atoms with Crippen molar-refractivity contribution in [3.63, 3.8) is 0 Å². The molecule has 2 aromatic rings. The lowest BCUT2D eigenvalue weighted by atomic mass is 9.92. The summed E-state index contributed by atoms with van der Waals surface area (Å²) in [7, 11) is -3.69. The Hall–Kier alpha value is -2.13. The van der Waals surface area contributed by atoms with Crippen LogP contribution in [-0.4, -0.2) is 54.3 Å². The van der Waals surface area contributed by atoms with Crippen molar-refractivity contribution in [2.45, 2.75) is 52.0 Å². The molecule has 1 amide bonds. The number of carbonyl (C=O) groups excluding carboxylic acids is 1. The van der Waals surface area contributed by atoms with Gasteiger partial charge < -0.3 is 9.32 Å². The summed E-state index contributed by atoms with van der Waals surface area (Å²) in [5, 5.41) is 0. The van der Waals surface area contributed by atoms with E-state index in [0.29, 0.717) is 55.4 Å². The third-order valence-corrected chi connectivity index (χ3v) is 8.46. The first-order chi connectivity index (χ1) is 15.0. The van der Waals surface area contributed by atoms with Crippen LogP contribution in [0.2, 0.25) is 0 Å². The molecule has 176 valence electrons. The van der Waals surface area contributed by atoms with Gasteiger partial charge in [0, 0.05) is 32.2 Å². The van der Waals surface area contributed by atoms with Crippen molar-refractivity contribution in [3.8, 4) is 0 Å². The monoisotopic (exact) mass is 463 g/mol. The van der Waals surface area contributed by atoms with Crippen molar-refractivity contribution in [1.82, 2.24) is 13.8 Å². The molecule has 4 unspecified atom stereocenters. The molecule has 2 aliphatic rings. The van der Waals surface area contributed by atoms with Gasteiger partial charge in [0.15, 0.2) is 5.58 Å². The minimum atomic E-state index is -3.69. The zero-order valence-electron chi connectivity index (χ0n) is 19.3. The lowest BCUT2D eigenvalue weighted by Gasteiger charge is -2.35. The summed E-state index contributed by atoms with van der Waals surface area (Å²) in [5.74, 6) is 0.662. The van der Waals surface area contributed by atoms with E-state index in [1.54, 1.807) is 6.07 Å². The smallest absolute Gasteiger partial charge is 0.408 e. The summed E-state index contributed by atoms with van der Waals surface area (Å²) < 4.78 is 34.6. The molecule has 8 nitrogen and oxygen atoms in total. The van der Waals surface area contributed by atoms with Crippen LogP contribution in [0.25, 0.3) is 11.1 Å². The fourth-order valence-corrected chi connectivity index (χ4v) is 7.11. The number of benzene rings is 1. The number of oxazole rings is 1. The van der Waals surface area contributed by atoms with Gasteiger partial charge in [0.2, 0.25) is 15.9 Å². The normalized spacial score (nSPS) is 27.7. The highest BCUT2D eigenvalue weighted by atomic mass is 32.2. The first-order valence-electron chi connectivity index (χ1n) is 11.5. The molecule has 1 aromatic carbocycles. The second kappa shape index (κ2) is 8.67. The third-order valence-electron chi connectivity index (χ3n) is 6.63. The lowest BCUT2D eigenvalue weighted by molar-refractivity contribution is -0.134. The highest BCUT2D eigenvalue weighted by Crippen LogP contribution is 2.28. The highest BCUT2D eigenvalue weighted by Gasteiger charge is 2.32. The summed E-state index contributed by atoms with van der Waals surface area (Å²) >= 11 is 0. The second-order valence-electron chi connectivity index (χ2n) is 10.1. The fourth-order valence-electron chi connectivity index (χ4n) is 5.41. The zero-order valence-corrected chi connectivity index (χ0v) is 20.1. The molecular weight excluding hydrogens is 430 g/mol. The van der Waals surface area contributed by atoms with Crippen molar-refractivity contribution >= 4 is 27.0 Å². The van der Waals surface area contributed by atoms with Gasteiger partial charge in [-0.05, 0) is 48.6 Å². The average Bonchev–Trinajstić information content (AvgIpc) is 3.01. The van der Waals surface area contributed by atoms with Gasteiger partial charge in [-0.15, -0.1) is 0 Å². The lowest BCUT2D eigenvalue weighted by Crippen LogP contribution is -2.44.